The number of nitrogens with zero attached hydrogens (tertiary/aromatic N) is 2. The Balaban J connectivity index is 1.19. The molecule has 1 aliphatic carbocycles. The second kappa shape index (κ2) is 12.3. The van der Waals surface area contributed by atoms with Crippen molar-refractivity contribution >= 4 is 21.5 Å². The van der Waals surface area contributed by atoms with Crippen LogP contribution in [0.2, 0.25) is 0 Å². The maximum Gasteiger partial charge on any atom is 0.160 e. The first-order valence-corrected chi connectivity index (χ1v) is 18.3. The monoisotopic (exact) mass is 676 g/mol. The highest BCUT2D eigenvalue weighted by Crippen LogP contribution is 2.55. The Kier molecular flexibility index (Phi) is 7.19. The fraction of sp³-hybridized carbons (Fsp3) is 0.0588. The van der Waals surface area contributed by atoms with E-state index in [0.29, 0.717) is 5.82 Å². The Morgan fingerprint density at radius 2 is 0.925 bits per heavy atom. The van der Waals surface area contributed by atoms with E-state index in [1.54, 1.807) is 0 Å². The van der Waals surface area contributed by atoms with Gasteiger partial charge in [0.25, 0.3) is 0 Å². The van der Waals surface area contributed by atoms with E-state index in [2.05, 4.69) is 178 Å². The van der Waals surface area contributed by atoms with Gasteiger partial charge in [-0.15, -0.1) is 0 Å². The van der Waals surface area contributed by atoms with Crippen molar-refractivity contribution in [3.63, 3.8) is 0 Å². The van der Waals surface area contributed by atoms with E-state index >= 15 is 0 Å². The van der Waals surface area contributed by atoms with E-state index in [0.717, 1.165) is 39.2 Å². The first kappa shape index (κ1) is 31.1. The summed E-state index contributed by atoms with van der Waals surface area (Å²) in [6.45, 7) is 4.76. The summed E-state index contributed by atoms with van der Waals surface area (Å²) in [6.07, 6.45) is 0. The van der Waals surface area contributed by atoms with Crippen molar-refractivity contribution in [2.24, 2.45) is 0 Å². The van der Waals surface area contributed by atoms with Crippen molar-refractivity contribution in [2.45, 2.75) is 19.3 Å². The molecule has 2 nitrogen and oxygen atoms in total. The summed E-state index contributed by atoms with van der Waals surface area (Å²) < 4.78 is 0. The molecule has 8 aromatic carbocycles. The molecule has 0 amide bonds. The normalized spacial score (nSPS) is 12.9. The predicted molar refractivity (Wildman–Crippen MR) is 222 cm³/mol. The molecule has 9 aromatic rings. The van der Waals surface area contributed by atoms with E-state index in [9.17, 15) is 0 Å². The topological polar surface area (TPSA) is 25.8 Å². The number of aromatic nitrogens is 2. The summed E-state index contributed by atoms with van der Waals surface area (Å²) in [5.41, 5.74) is 15.1. The van der Waals surface area contributed by atoms with E-state index < -0.39 is 0 Å². The maximum atomic E-state index is 5.28. The van der Waals surface area contributed by atoms with Gasteiger partial charge in [-0.25, -0.2) is 9.97 Å². The molecule has 0 N–H and O–H groups in total. The average Bonchev–Trinajstić information content (AvgIpc) is 3.47. The van der Waals surface area contributed by atoms with E-state index in [1.807, 2.05) is 18.2 Å². The summed E-state index contributed by atoms with van der Waals surface area (Å²) in [7, 11) is 0. The summed E-state index contributed by atoms with van der Waals surface area (Å²) >= 11 is 0. The van der Waals surface area contributed by atoms with Gasteiger partial charge in [-0.2, -0.15) is 0 Å². The molecule has 0 saturated heterocycles. The number of rotatable bonds is 5. The second-order valence-electron chi connectivity index (χ2n) is 14.5. The lowest BCUT2D eigenvalue weighted by molar-refractivity contribution is 0.662. The highest BCUT2D eigenvalue weighted by Gasteiger charge is 2.38. The average molecular weight is 677 g/mol. The van der Waals surface area contributed by atoms with Crippen molar-refractivity contribution in [3.05, 3.63) is 193 Å². The standard InChI is InChI=1S/C51H36N2/c1-51(2)45-31-28-34-18-9-10-22-37(34)48(45)44-27-15-26-43(49(44)51)40-29-30-42(39-24-13-12-23-38(39)40)47-32-46(52-50(53-47)35-19-7-4-8-20-35)41-25-14-11-21-36(41)33-16-5-3-6-17-33/h3-32H,1-2H3. The van der Waals surface area contributed by atoms with E-state index in [4.69, 9.17) is 9.97 Å². The maximum absolute atomic E-state index is 5.28. The molecule has 1 aromatic heterocycles. The summed E-state index contributed by atoms with van der Waals surface area (Å²) in [6, 6.07) is 65.2. The quantitative estimate of drug-likeness (QED) is 0.181. The highest BCUT2D eigenvalue weighted by atomic mass is 14.9. The van der Waals surface area contributed by atoms with Crippen LogP contribution in [-0.2, 0) is 5.41 Å². The van der Waals surface area contributed by atoms with Crippen LogP contribution < -0.4 is 0 Å². The largest absolute Gasteiger partial charge is 0.228 e. The molecule has 1 aliphatic rings. The fourth-order valence-electron chi connectivity index (χ4n) is 8.65. The Morgan fingerprint density at radius 1 is 0.377 bits per heavy atom. The first-order valence-electron chi connectivity index (χ1n) is 18.3. The molecular weight excluding hydrogens is 641 g/mol. The molecule has 0 aliphatic heterocycles. The van der Waals surface area contributed by atoms with Gasteiger partial charge < -0.3 is 0 Å². The SMILES string of the molecule is CC1(C)c2ccc3ccccc3c2-c2cccc(-c3ccc(-c4cc(-c5ccccc5-c5ccccc5)nc(-c5ccccc5)n4)c4ccccc34)c21. The minimum atomic E-state index is -0.163. The predicted octanol–water partition coefficient (Wildman–Crippen LogP) is 13.4. The molecule has 10 rings (SSSR count). The van der Waals surface area contributed by atoms with Gasteiger partial charge in [-0.1, -0.05) is 190 Å². The van der Waals surface area contributed by atoms with Gasteiger partial charge in [0, 0.05) is 22.1 Å². The number of hydrogen-bond acceptors (Lipinski definition) is 2. The van der Waals surface area contributed by atoms with Crippen LogP contribution >= 0.6 is 0 Å². The Hall–Kier alpha value is -6.64. The third kappa shape index (κ3) is 5.02. The van der Waals surface area contributed by atoms with Crippen LogP contribution in [0.15, 0.2) is 182 Å². The minimum Gasteiger partial charge on any atom is -0.228 e. The molecule has 0 bridgehead atoms. The van der Waals surface area contributed by atoms with Gasteiger partial charge >= 0.3 is 0 Å². The zero-order valence-electron chi connectivity index (χ0n) is 29.7. The molecule has 0 fully saturated rings. The van der Waals surface area contributed by atoms with Crippen LogP contribution in [0.3, 0.4) is 0 Å². The van der Waals surface area contributed by atoms with Crippen molar-refractivity contribution in [1.82, 2.24) is 9.97 Å². The zero-order chi connectivity index (χ0) is 35.5. The smallest absolute Gasteiger partial charge is 0.160 e. The molecule has 53 heavy (non-hydrogen) atoms. The van der Waals surface area contributed by atoms with Gasteiger partial charge in [0.1, 0.15) is 0 Å². The lowest BCUT2D eigenvalue weighted by Crippen LogP contribution is -2.16. The van der Waals surface area contributed by atoms with Gasteiger partial charge in [0.15, 0.2) is 5.82 Å². The lowest BCUT2D eigenvalue weighted by Gasteiger charge is -2.25. The lowest BCUT2D eigenvalue weighted by atomic mass is 9.78. The van der Waals surface area contributed by atoms with Crippen LogP contribution in [0, 0.1) is 0 Å². The molecule has 250 valence electrons. The molecule has 0 spiro atoms. The molecule has 0 unspecified atom stereocenters. The zero-order valence-corrected chi connectivity index (χ0v) is 29.7. The molecular formula is C51H36N2. The summed E-state index contributed by atoms with van der Waals surface area (Å²) in [5, 5.41) is 4.97. The Bertz CT molecular complexity index is 2850. The van der Waals surface area contributed by atoms with Crippen LogP contribution in [0.4, 0.5) is 0 Å². The highest BCUT2D eigenvalue weighted by molar-refractivity contribution is 6.08. The third-order valence-electron chi connectivity index (χ3n) is 11.1. The molecule has 1 heterocycles. The molecule has 0 radical (unpaired) electrons. The third-order valence-corrected chi connectivity index (χ3v) is 11.1. The van der Waals surface area contributed by atoms with Gasteiger partial charge in [-0.3, -0.25) is 0 Å². The van der Waals surface area contributed by atoms with Crippen LogP contribution in [-0.4, -0.2) is 9.97 Å². The number of hydrogen-bond donors (Lipinski definition) is 0. The number of fused-ring (bicyclic) bond motifs is 6. The second-order valence-corrected chi connectivity index (χ2v) is 14.5. The molecule has 0 atom stereocenters. The fourth-order valence-corrected chi connectivity index (χ4v) is 8.65. The van der Waals surface area contributed by atoms with Crippen LogP contribution in [0.25, 0.3) is 88.8 Å². The van der Waals surface area contributed by atoms with Gasteiger partial charge in [0.05, 0.1) is 11.4 Å². The van der Waals surface area contributed by atoms with E-state index in [-0.39, 0.29) is 5.41 Å². The summed E-state index contributed by atoms with van der Waals surface area (Å²) in [5.74, 6) is 0.710. The Morgan fingerprint density at radius 3 is 1.68 bits per heavy atom. The van der Waals surface area contributed by atoms with Crippen molar-refractivity contribution in [1.29, 1.82) is 0 Å². The van der Waals surface area contributed by atoms with Crippen LogP contribution in [0.5, 0.6) is 0 Å². The van der Waals surface area contributed by atoms with Crippen molar-refractivity contribution in [2.75, 3.05) is 0 Å². The van der Waals surface area contributed by atoms with Crippen molar-refractivity contribution < 1.29 is 0 Å². The van der Waals surface area contributed by atoms with E-state index in [1.165, 1.54) is 54.9 Å². The first-order chi connectivity index (χ1) is 26.1. The summed E-state index contributed by atoms with van der Waals surface area (Å²) in [4.78, 5) is 10.5. The minimum absolute atomic E-state index is 0.163. The van der Waals surface area contributed by atoms with Gasteiger partial charge in [-0.05, 0) is 72.1 Å². The van der Waals surface area contributed by atoms with Crippen molar-refractivity contribution in [3.8, 4) is 67.3 Å². The molecule has 2 heteroatoms. The van der Waals surface area contributed by atoms with Crippen LogP contribution in [0.1, 0.15) is 25.0 Å². The van der Waals surface area contributed by atoms with Gasteiger partial charge in [0.2, 0.25) is 0 Å². The molecule has 0 saturated carbocycles. The number of benzene rings is 8. The Labute approximate surface area is 310 Å².